The molecular formula is C21H24N6O2. The third kappa shape index (κ3) is 4.21. The van der Waals surface area contributed by atoms with Crippen molar-refractivity contribution in [2.24, 2.45) is 5.92 Å². The zero-order valence-electron chi connectivity index (χ0n) is 16.6. The lowest BCUT2D eigenvalue weighted by Gasteiger charge is -2.33. The first-order valence-electron chi connectivity index (χ1n) is 9.66. The number of benzene rings is 1. The summed E-state index contributed by atoms with van der Waals surface area (Å²) in [7, 11) is 1.61. The lowest BCUT2D eigenvalue weighted by Crippen LogP contribution is -2.41. The number of carbonyl (C=O) groups excluding carboxylic acids is 1. The van der Waals surface area contributed by atoms with Crippen molar-refractivity contribution < 1.29 is 9.53 Å². The monoisotopic (exact) mass is 392 g/mol. The lowest BCUT2D eigenvalue weighted by molar-refractivity contribution is -0.120. The molecule has 0 radical (unpaired) electrons. The summed E-state index contributed by atoms with van der Waals surface area (Å²) in [5.41, 5.74) is 1.77. The molecule has 4 rings (SSSR count). The average molecular weight is 392 g/mol. The Kier molecular flexibility index (Phi) is 5.41. The first-order chi connectivity index (χ1) is 14.1. The van der Waals surface area contributed by atoms with Gasteiger partial charge in [0.15, 0.2) is 5.82 Å². The highest BCUT2D eigenvalue weighted by Gasteiger charge is 2.27. The van der Waals surface area contributed by atoms with Crippen LogP contribution in [0.5, 0.6) is 5.75 Å². The number of hydrogen-bond donors (Lipinski definition) is 1. The minimum absolute atomic E-state index is 0.0000409. The normalized spacial score (nSPS) is 16.5. The molecule has 1 amide bonds. The molecule has 0 bridgehead atoms. The summed E-state index contributed by atoms with van der Waals surface area (Å²) in [6.07, 6.45) is 6.85. The summed E-state index contributed by atoms with van der Waals surface area (Å²) in [5, 5.41) is 7.26. The van der Waals surface area contributed by atoms with Gasteiger partial charge in [0, 0.05) is 31.5 Å². The number of carbonyl (C=O) groups is 1. The SMILES string of the molecule is COc1ccc(C)cc1NC(=O)C1CCCN(c2cc(-n3cccn3)ncn2)C1. The van der Waals surface area contributed by atoms with Crippen molar-refractivity contribution in [2.45, 2.75) is 19.8 Å². The summed E-state index contributed by atoms with van der Waals surface area (Å²) < 4.78 is 7.07. The van der Waals surface area contributed by atoms with Gasteiger partial charge in [-0.15, -0.1) is 0 Å². The van der Waals surface area contributed by atoms with Gasteiger partial charge in [0.05, 0.1) is 18.7 Å². The molecular weight excluding hydrogens is 368 g/mol. The summed E-state index contributed by atoms with van der Waals surface area (Å²) in [6.45, 7) is 3.45. The van der Waals surface area contributed by atoms with Gasteiger partial charge in [0.25, 0.3) is 0 Å². The fourth-order valence-corrected chi connectivity index (χ4v) is 3.59. The van der Waals surface area contributed by atoms with Crippen LogP contribution < -0.4 is 15.0 Å². The first kappa shape index (κ1) is 18.9. The summed E-state index contributed by atoms with van der Waals surface area (Å²) >= 11 is 0. The van der Waals surface area contributed by atoms with Gasteiger partial charge in [-0.3, -0.25) is 4.79 Å². The van der Waals surface area contributed by atoms with E-state index >= 15 is 0 Å². The zero-order chi connectivity index (χ0) is 20.2. The van der Waals surface area contributed by atoms with E-state index in [1.807, 2.05) is 43.5 Å². The number of aromatic nitrogens is 4. The molecule has 150 valence electrons. The predicted octanol–water partition coefficient (Wildman–Crippen LogP) is 2.83. The Morgan fingerprint density at radius 2 is 2.10 bits per heavy atom. The second-order valence-electron chi connectivity index (χ2n) is 7.16. The molecule has 1 aromatic carbocycles. The van der Waals surface area contributed by atoms with E-state index in [1.165, 1.54) is 6.33 Å². The van der Waals surface area contributed by atoms with Gasteiger partial charge in [-0.1, -0.05) is 6.07 Å². The smallest absolute Gasteiger partial charge is 0.229 e. The van der Waals surface area contributed by atoms with E-state index < -0.39 is 0 Å². The molecule has 3 heterocycles. The second-order valence-corrected chi connectivity index (χ2v) is 7.16. The minimum Gasteiger partial charge on any atom is -0.495 e. The van der Waals surface area contributed by atoms with Crippen LogP contribution in [0.25, 0.3) is 5.82 Å². The maximum Gasteiger partial charge on any atom is 0.229 e. The molecule has 8 nitrogen and oxygen atoms in total. The summed E-state index contributed by atoms with van der Waals surface area (Å²) in [4.78, 5) is 23.8. The molecule has 1 unspecified atom stereocenters. The van der Waals surface area contributed by atoms with E-state index in [0.29, 0.717) is 23.8 Å². The highest BCUT2D eigenvalue weighted by Crippen LogP contribution is 2.28. The third-order valence-corrected chi connectivity index (χ3v) is 5.11. The standard InChI is InChI=1S/C21H24N6O2/c1-15-6-7-18(29-2)17(11-15)25-21(28)16-5-3-9-26(13-16)19-12-20(23-14-22-19)27-10-4-8-24-27/h4,6-8,10-12,14,16H,3,5,9,13H2,1-2H3,(H,25,28). The van der Waals surface area contributed by atoms with Crippen LogP contribution in [0.2, 0.25) is 0 Å². The zero-order valence-corrected chi connectivity index (χ0v) is 16.6. The molecule has 8 heteroatoms. The van der Waals surface area contributed by atoms with Crippen LogP contribution in [-0.2, 0) is 4.79 Å². The fraction of sp³-hybridized carbons (Fsp3) is 0.333. The maximum absolute atomic E-state index is 12.9. The van der Waals surface area contributed by atoms with Crippen molar-refractivity contribution in [1.82, 2.24) is 19.7 Å². The number of ether oxygens (including phenoxy) is 1. The van der Waals surface area contributed by atoms with E-state index in [9.17, 15) is 4.79 Å². The molecule has 3 aromatic rings. The van der Waals surface area contributed by atoms with E-state index in [1.54, 1.807) is 18.0 Å². The molecule has 0 spiro atoms. The molecule has 2 aromatic heterocycles. The highest BCUT2D eigenvalue weighted by molar-refractivity contribution is 5.94. The van der Waals surface area contributed by atoms with Crippen LogP contribution >= 0.6 is 0 Å². The molecule has 29 heavy (non-hydrogen) atoms. The van der Waals surface area contributed by atoms with Gasteiger partial charge >= 0.3 is 0 Å². The Labute approximate surface area is 169 Å². The van der Waals surface area contributed by atoms with Crippen LogP contribution in [0.4, 0.5) is 11.5 Å². The minimum atomic E-state index is -0.128. The summed E-state index contributed by atoms with van der Waals surface area (Å²) in [5.74, 6) is 2.04. The first-order valence-corrected chi connectivity index (χ1v) is 9.66. The van der Waals surface area contributed by atoms with E-state index in [-0.39, 0.29) is 11.8 Å². The number of hydrogen-bond acceptors (Lipinski definition) is 6. The molecule has 1 aliphatic rings. The predicted molar refractivity (Wildman–Crippen MR) is 110 cm³/mol. The number of nitrogens with one attached hydrogen (secondary N) is 1. The topological polar surface area (TPSA) is 85.2 Å². The van der Waals surface area contributed by atoms with Crippen molar-refractivity contribution in [3.8, 4) is 11.6 Å². The Morgan fingerprint density at radius 1 is 1.24 bits per heavy atom. The van der Waals surface area contributed by atoms with Crippen molar-refractivity contribution in [2.75, 3.05) is 30.4 Å². The van der Waals surface area contributed by atoms with E-state index in [4.69, 9.17) is 4.74 Å². The highest BCUT2D eigenvalue weighted by atomic mass is 16.5. The average Bonchev–Trinajstić information content (AvgIpc) is 3.29. The third-order valence-electron chi connectivity index (χ3n) is 5.11. The van der Waals surface area contributed by atoms with Crippen molar-refractivity contribution in [3.05, 3.63) is 54.6 Å². The van der Waals surface area contributed by atoms with Crippen LogP contribution in [0.3, 0.4) is 0 Å². The number of anilines is 2. The van der Waals surface area contributed by atoms with Crippen LogP contribution in [0, 0.1) is 12.8 Å². The van der Waals surface area contributed by atoms with Crippen molar-refractivity contribution >= 4 is 17.4 Å². The number of rotatable bonds is 5. The molecule has 1 N–H and O–H groups in total. The van der Waals surface area contributed by atoms with Crippen LogP contribution in [0.15, 0.2) is 49.1 Å². The van der Waals surface area contributed by atoms with Gasteiger partial charge < -0.3 is 15.0 Å². The van der Waals surface area contributed by atoms with Gasteiger partial charge in [0.2, 0.25) is 5.91 Å². The molecule has 0 saturated carbocycles. The Morgan fingerprint density at radius 3 is 2.90 bits per heavy atom. The summed E-state index contributed by atoms with van der Waals surface area (Å²) in [6, 6.07) is 9.51. The number of amides is 1. The largest absolute Gasteiger partial charge is 0.495 e. The molecule has 1 fully saturated rings. The number of nitrogens with zero attached hydrogens (tertiary/aromatic N) is 5. The van der Waals surface area contributed by atoms with Crippen LogP contribution in [0.1, 0.15) is 18.4 Å². The van der Waals surface area contributed by atoms with Crippen molar-refractivity contribution in [1.29, 1.82) is 0 Å². The van der Waals surface area contributed by atoms with Gasteiger partial charge in [-0.25, -0.2) is 14.6 Å². The molecule has 1 aliphatic heterocycles. The Bertz CT molecular complexity index is 989. The maximum atomic E-state index is 12.9. The Balaban J connectivity index is 1.48. The van der Waals surface area contributed by atoms with Crippen LogP contribution in [-0.4, -0.2) is 45.9 Å². The quantitative estimate of drug-likeness (QED) is 0.719. The van der Waals surface area contributed by atoms with Gasteiger partial charge in [-0.05, 0) is 43.5 Å². The van der Waals surface area contributed by atoms with E-state index in [0.717, 1.165) is 30.8 Å². The molecule has 1 saturated heterocycles. The number of piperidine rings is 1. The number of methoxy groups -OCH3 is 1. The second kappa shape index (κ2) is 8.30. The van der Waals surface area contributed by atoms with Gasteiger partial charge in [0.1, 0.15) is 17.9 Å². The Hall–Kier alpha value is -3.42. The lowest BCUT2D eigenvalue weighted by atomic mass is 9.97. The van der Waals surface area contributed by atoms with E-state index in [2.05, 4.69) is 25.3 Å². The van der Waals surface area contributed by atoms with Gasteiger partial charge in [-0.2, -0.15) is 5.10 Å². The molecule has 0 aliphatic carbocycles. The fourth-order valence-electron chi connectivity index (χ4n) is 3.59. The number of aryl methyl sites for hydroxylation is 1. The molecule has 1 atom stereocenters. The van der Waals surface area contributed by atoms with Crippen molar-refractivity contribution in [3.63, 3.8) is 0 Å².